The van der Waals surface area contributed by atoms with Gasteiger partial charge in [-0.25, -0.2) is 4.79 Å². The summed E-state index contributed by atoms with van der Waals surface area (Å²) in [7, 11) is 0. The summed E-state index contributed by atoms with van der Waals surface area (Å²) in [6.07, 6.45) is 5.86. The van der Waals surface area contributed by atoms with E-state index in [9.17, 15) is 9.90 Å². The molecule has 1 aliphatic carbocycles. The molecule has 0 atom stereocenters. The first-order valence-electron chi connectivity index (χ1n) is 6.56. The molecule has 18 heavy (non-hydrogen) atoms. The molecule has 1 aliphatic rings. The van der Waals surface area contributed by atoms with Crippen LogP contribution in [0, 0.1) is 0 Å². The van der Waals surface area contributed by atoms with Crippen molar-refractivity contribution < 1.29 is 9.90 Å². The molecule has 3 N–H and O–H groups in total. The SMILES string of the molecule is O=C(NCc1cccc(O)c1)NC1CCCCC1. The first-order valence-corrected chi connectivity index (χ1v) is 6.56. The predicted molar refractivity (Wildman–Crippen MR) is 70.4 cm³/mol. The topological polar surface area (TPSA) is 61.4 Å². The third kappa shape index (κ3) is 3.95. The van der Waals surface area contributed by atoms with E-state index in [-0.39, 0.29) is 11.8 Å². The van der Waals surface area contributed by atoms with Crippen LogP contribution in [0.2, 0.25) is 0 Å². The van der Waals surface area contributed by atoms with Crippen molar-refractivity contribution in [3.63, 3.8) is 0 Å². The van der Waals surface area contributed by atoms with E-state index in [4.69, 9.17) is 0 Å². The number of carbonyl (C=O) groups is 1. The highest BCUT2D eigenvalue weighted by atomic mass is 16.3. The number of hydrogen-bond donors (Lipinski definition) is 3. The third-order valence-corrected chi connectivity index (χ3v) is 3.30. The Labute approximate surface area is 107 Å². The molecule has 2 amide bonds. The molecule has 0 aliphatic heterocycles. The molecule has 1 fully saturated rings. The van der Waals surface area contributed by atoms with Gasteiger partial charge in [-0.1, -0.05) is 31.4 Å². The summed E-state index contributed by atoms with van der Waals surface area (Å²) < 4.78 is 0. The van der Waals surface area contributed by atoms with Gasteiger partial charge in [-0.05, 0) is 30.5 Å². The zero-order valence-corrected chi connectivity index (χ0v) is 10.5. The Morgan fingerprint density at radius 1 is 1.28 bits per heavy atom. The minimum absolute atomic E-state index is 0.120. The van der Waals surface area contributed by atoms with Gasteiger partial charge in [-0.15, -0.1) is 0 Å². The first kappa shape index (κ1) is 12.7. The second-order valence-corrected chi connectivity index (χ2v) is 4.83. The quantitative estimate of drug-likeness (QED) is 0.769. The Morgan fingerprint density at radius 3 is 2.78 bits per heavy atom. The van der Waals surface area contributed by atoms with Crippen molar-refractivity contribution in [1.82, 2.24) is 10.6 Å². The molecular weight excluding hydrogens is 228 g/mol. The van der Waals surface area contributed by atoms with Gasteiger partial charge in [-0.2, -0.15) is 0 Å². The molecule has 1 aromatic rings. The molecule has 0 heterocycles. The molecule has 4 nitrogen and oxygen atoms in total. The Balaban J connectivity index is 1.74. The number of amides is 2. The van der Waals surface area contributed by atoms with Crippen LogP contribution in [0.1, 0.15) is 37.7 Å². The first-order chi connectivity index (χ1) is 8.74. The predicted octanol–water partition coefficient (Wildman–Crippen LogP) is 2.52. The van der Waals surface area contributed by atoms with E-state index in [1.54, 1.807) is 18.2 Å². The maximum Gasteiger partial charge on any atom is 0.315 e. The highest BCUT2D eigenvalue weighted by molar-refractivity contribution is 5.74. The maximum absolute atomic E-state index is 11.7. The Kier molecular flexibility index (Phi) is 4.45. The van der Waals surface area contributed by atoms with Crippen LogP contribution in [0.3, 0.4) is 0 Å². The summed E-state index contributed by atoms with van der Waals surface area (Å²) >= 11 is 0. The van der Waals surface area contributed by atoms with Gasteiger partial charge in [0.15, 0.2) is 0 Å². The zero-order chi connectivity index (χ0) is 12.8. The molecule has 0 radical (unpaired) electrons. The van der Waals surface area contributed by atoms with E-state index < -0.39 is 0 Å². The number of phenols is 1. The molecule has 4 heteroatoms. The smallest absolute Gasteiger partial charge is 0.315 e. The minimum Gasteiger partial charge on any atom is -0.508 e. The van der Waals surface area contributed by atoms with Crippen molar-refractivity contribution in [2.75, 3.05) is 0 Å². The van der Waals surface area contributed by atoms with Crippen LogP contribution in [-0.2, 0) is 6.54 Å². The molecule has 0 unspecified atom stereocenters. The van der Waals surface area contributed by atoms with Gasteiger partial charge in [0.2, 0.25) is 0 Å². The third-order valence-electron chi connectivity index (χ3n) is 3.30. The van der Waals surface area contributed by atoms with Crippen LogP contribution in [0.15, 0.2) is 24.3 Å². The number of nitrogens with one attached hydrogen (secondary N) is 2. The average Bonchev–Trinajstić information content (AvgIpc) is 2.38. The molecule has 98 valence electrons. The summed E-state index contributed by atoms with van der Waals surface area (Å²) in [6.45, 7) is 0.437. The second-order valence-electron chi connectivity index (χ2n) is 4.83. The fourth-order valence-corrected chi connectivity index (χ4v) is 2.33. The van der Waals surface area contributed by atoms with Gasteiger partial charge in [0.1, 0.15) is 5.75 Å². The lowest BCUT2D eigenvalue weighted by atomic mass is 9.96. The molecule has 0 saturated heterocycles. The normalized spacial score (nSPS) is 16.2. The summed E-state index contributed by atoms with van der Waals surface area (Å²) in [4.78, 5) is 11.7. The Hall–Kier alpha value is -1.71. The van der Waals surface area contributed by atoms with Crippen LogP contribution in [0.4, 0.5) is 4.79 Å². The van der Waals surface area contributed by atoms with E-state index in [0.29, 0.717) is 12.6 Å². The van der Waals surface area contributed by atoms with Crippen LogP contribution in [0.25, 0.3) is 0 Å². The van der Waals surface area contributed by atoms with Crippen molar-refractivity contribution in [3.8, 4) is 5.75 Å². The Bertz CT molecular complexity index is 401. The number of phenolic OH excluding ortho intramolecular Hbond substituents is 1. The second kappa shape index (κ2) is 6.28. The number of carbonyl (C=O) groups excluding carboxylic acids is 1. The highest BCUT2D eigenvalue weighted by Crippen LogP contribution is 2.17. The molecule has 0 spiro atoms. The monoisotopic (exact) mass is 248 g/mol. The van der Waals surface area contributed by atoms with E-state index in [0.717, 1.165) is 18.4 Å². The summed E-state index contributed by atoms with van der Waals surface area (Å²) in [5.41, 5.74) is 0.897. The number of aromatic hydroxyl groups is 1. The summed E-state index contributed by atoms with van der Waals surface area (Å²) in [6, 6.07) is 7.12. The number of urea groups is 1. The molecule has 2 rings (SSSR count). The molecule has 1 saturated carbocycles. The van der Waals surface area contributed by atoms with E-state index in [1.165, 1.54) is 19.3 Å². The van der Waals surface area contributed by atoms with Gasteiger partial charge in [-0.3, -0.25) is 0 Å². The minimum atomic E-state index is -0.120. The number of hydrogen-bond acceptors (Lipinski definition) is 2. The lowest BCUT2D eigenvalue weighted by Gasteiger charge is -2.22. The number of rotatable bonds is 3. The zero-order valence-electron chi connectivity index (χ0n) is 10.5. The van der Waals surface area contributed by atoms with Gasteiger partial charge in [0.25, 0.3) is 0 Å². The van der Waals surface area contributed by atoms with Crippen LogP contribution >= 0.6 is 0 Å². The summed E-state index contributed by atoms with van der Waals surface area (Å²) in [5, 5.41) is 15.1. The average molecular weight is 248 g/mol. The van der Waals surface area contributed by atoms with E-state index in [1.807, 2.05) is 6.07 Å². The fourth-order valence-electron chi connectivity index (χ4n) is 2.33. The van der Waals surface area contributed by atoms with Crippen molar-refractivity contribution in [2.45, 2.75) is 44.7 Å². The van der Waals surface area contributed by atoms with Gasteiger partial charge < -0.3 is 15.7 Å². The highest BCUT2D eigenvalue weighted by Gasteiger charge is 2.15. The van der Waals surface area contributed by atoms with E-state index >= 15 is 0 Å². The summed E-state index contributed by atoms with van der Waals surface area (Å²) in [5.74, 6) is 0.224. The van der Waals surface area contributed by atoms with Crippen molar-refractivity contribution >= 4 is 6.03 Å². The lowest BCUT2D eigenvalue weighted by Crippen LogP contribution is -2.42. The van der Waals surface area contributed by atoms with Crippen LogP contribution in [0.5, 0.6) is 5.75 Å². The largest absolute Gasteiger partial charge is 0.508 e. The Morgan fingerprint density at radius 2 is 2.06 bits per heavy atom. The molecular formula is C14H20N2O2. The molecule has 0 aromatic heterocycles. The fraction of sp³-hybridized carbons (Fsp3) is 0.500. The maximum atomic E-state index is 11.7. The van der Waals surface area contributed by atoms with Gasteiger partial charge in [0, 0.05) is 12.6 Å². The van der Waals surface area contributed by atoms with Crippen LogP contribution in [-0.4, -0.2) is 17.2 Å². The van der Waals surface area contributed by atoms with Crippen molar-refractivity contribution in [2.24, 2.45) is 0 Å². The van der Waals surface area contributed by atoms with Gasteiger partial charge in [0.05, 0.1) is 0 Å². The van der Waals surface area contributed by atoms with Crippen molar-refractivity contribution in [3.05, 3.63) is 29.8 Å². The molecule has 1 aromatic carbocycles. The lowest BCUT2D eigenvalue weighted by molar-refractivity contribution is 0.232. The van der Waals surface area contributed by atoms with Gasteiger partial charge >= 0.3 is 6.03 Å². The van der Waals surface area contributed by atoms with Crippen molar-refractivity contribution in [1.29, 1.82) is 0 Å². The van der Waals surface area contributed by atoms with E-state index in [2.05, 4.69) is 10.6 Å². The number of benzene rings is 1. The standard InChI is InChI=1S/C14H20N2O2/c17-13-8-4-5-11(9-13)10-15-14(18)16-12-6-2-1-3-7-12/h4-5,8-9,12,17H,1-3,6-7,10H2,(H2,15,16,18). The van der Waals surface area contributed by atoms with Crippen LogP contribution < -0.4 is 10.6 Å². The molecule has 0 bridgehead atoms.